The summed E-state index contributed by atoms with van der Waals surface area (Å²) >= 11 is 0. The second kappa shape index (κ2) is 10.4. The van der Waals surface area contributed by atoms with Gasteiger partial charge in [-0.2, -0.15) is 10.2 Å². The predicted octanol–water partition coefficient (Wildman–Crippen LogP) is 2.88. The lowest BCUT2D eigenvalue weighted by molar-refractivity contribution is 0.141. The maximum atomic E-state index is 9.78. The summed E-state index contributed by atoms with van der Waals surface area (Å²) in [5.74, 6) is 1.18. The van der Waals surface area contributed by atoms with Crippen molar-refractivity contribution >= 4 is 12.4 Å². The lowest BCUT2D eigenvalue weighted by Crippen LogP contribution is -2.41. The van der Waals surface area contributed by atoms with Crippen LogP contribution in [0.4, 0.5) is 0 Å². The molecule has 0 saturated carbocycles. The molecular weight excluding hydrogens is 384 g/mol. The Morgan fingerprint density at radius 2 is 1.17 bits per heavy atom. The van der Waals surface area contributed by atoms with Crippen LogP contribution < -0.4 is 9.47 Å². The van der Waals surface area contributed by atoms with E-state index in [-0.39, 0.29) is 11.5 Å². The first-order valence-corrected chi connectivity index (χ1v) is 10.1. The number of piperazine rings is 1. The normalized spacial score (nSPS) is 14.6. The van der Waals surface area contributed by atoms with Crippen LogP contribution >= 0.6 is 0 Å². The Balaban J connectivity index is 1.52. The van der Waals surface area contributed by atoms with E-state index in [1.54, 1.807) is 48.8 Å². The van der Waals surface area contributed by atoms with E-state index >= 15 is 0 Å². The van der Waals surface area contributed by atoms with Gasteiger partial charge in [0.25, 0.3) is 0 Å². The van der Waals surface area contributed by atoms with E-state index in [9.17, 15) is 10.2 Å². The molecule has 0 amide bonds. The molecule has 0 atom stereocenters. The van der Waals surface area contributed by atoms with Crippen LogP contribution in [0.25, 0.3) is 0 Å². The summed E-state index contributed by atoms with van der Waals surface area (Å²) in [5.41, 5.74) is 1.74. The summed E-state index contributed by atoms with van der Waals surface area (Å²) in [6.45, 7) is 7.76. The van der Waals surface area contributed by atoms with Crippen molar-refractivity contribution in [1.82, 2.24) is 10.0 Å². The van der Waals surface area contributed by atoms with Crippen molar-refractivity contribution in [2.75, 3.05) is 39.4 Å². The van der Waals surface area contributed by atoms with Gasteiger partial charge in [-0.05, 0) is 61.4 Å². The lowest BCUT2D eigenvalue weighted by atomic mass is 10.2. The molecule has 2 N–H and O–H groups in total. The van der Waals surface area contributed by atoms with Crippen molar-refractivity contribution in [3.63, 3.8) is 0 Å². The number of aromatic hydroxyl groups is 2. The quantitative estimate of drug-likeness (QED) is 0.648. The van der Waals surface area contributed by atoms with Gasteiger partial charge in [0.2, 0.25) is 0 Å². The van der Waals surface area contributed by atoms with Crippen LogP contribution in [0.5, 0.6) is 23.0 Å². The fraction of sp³-hybridized carbons (Fsp3) is 0.364. The van der Waals surface area contributed by atoms with Gasteiger partial charge in [0.1, 0.15) is 0 Å². The third-order valence-corrected chi connectivity index (χ3v) is 4.54. The molecule has 1 aliphatic rings. The summed E-state index contributed by atoms with van der Waals surface area (Å²) in [4.78, 5) is 0. The topological polar surface area (TPSA) is 90.1 Å². The molecule has 1 fully saturated rings. The fourth-order valence-corrected chi connectivity index (χ4v) is 2.98. The maximum absolute atomic E-state index is 9.78. The molecule has 0 spiro atoms. The van der Waals surface area contributed by atoms with Gasteiger partial charge in [0, 0.05) is 0 Å². The standard InChI is InChI=1S/C22H28N4O4/c1-3-29-21-13-17(5-7-19(21)27)15-23-25-9-11-26(12-10-25)24-16-18-6-8-20(28)22(14-18)30-4-2/h5-8,13-16,27-28H,3-4,9-12H2,1-2H3. The first-order chi connectivity index (χ1) is 14.6. The van der Waals surface area contributed by atoms with Crippen LogP contribution in [-0.4, -0.2) is 72.1 Å². The van der Waals surface area contributed by atoms with Crippen LogP contribution in [0.1, 0.15) is 25.0 Å². The molecule has 3 rings (SSSR count). The zero-order valence-electron chi connectivity index (χ0n) is 17.4. The van der Waals surface area contributed by atoms with Crippen LogP contribution in [0.15, 0.2) is 46.6 Å². The van der Waals surface area contributed by atoms with Gasteiger partial charge >= 0.3 is 0 Å². The number of benzene rings is 2. The van der Waals surface area contributed by atoms with Crippen LogP contribution in [0.2, 0.25) is 0 Å². The van der Waals surface area contributed by atoms with Crippen molar-refractivity contribution in [3.8, 4) is 23.0 Å². The second-order valence-electron chi connectivity index (χ2n) is 6.72. The molecule has 0 unspecified atom stereocenters. The Morgan fingerprint density at radius 3 is 1.53 bits per heavy atom. The molecule has 0 radical (unpaired) electrons. The van der Waals surface area contributed by atoms with Crippen molar-refractivity contribution in [2.45, 2.75) is 13.8 Å². The van der Waals surface area contributed by atoms with Crippen molar-refractivity contribution in [3.05, 3.63) is 47.5 Å². The molecular formula is C22H28N4O4. The van der Waals surface area contributed by atoms with Crippen LogP contribution in [0.3, 0.4) is 0 Å². The van der Waals surface area contributed by atoms with Gasteiger partial charge in [-0.1, -0.05) is 0 Å². The van der Waals surface area contributed by atoms with Gasteiger partial charge in [0.05, 0.1) is 51.8 Å². The van der Waals surface area contributed by atoms with Crippen molar-refractivity contribution < 1.29 is 19.7 Å². The van der Waals surface area contributed by atoms with Gasteiger partial charge in [-0.3, -0.25) is 10.0 Å². The minimum atomic E-state index is 0.127. The number of ether oxygens (including phenoxy) is 2. The van der Waals surface area contributed by atoms with E-state index in [1.807, 2.05) is 23.9 Å². The molecule has 30 heavy (non-hydrogen) atoms. The number of nitrogens with zero attached hydrogens (tertiary/aromatic N) is 4. The Labute approximate surface area is 176 Å². The van der Waals surface area contributed by atoms with Crippen molar-refractivity contribution in [2.24, 2.45) is 10.2 Å². The molecule has 8 heteroatoms. The number of hydrogen-bond donors (Lipinski definition) is 2. The third-order valence-electron chi connectivity index (χ3n) is 4.54. The monoisotopic (exact) mass is 412 g/mol. The second-order valence-corrected chi connectivity index (χ2v) is 6.72. The number of phenolic OH excluding ortho intramolecular Hbond substituents is 2. The SMILES string of the molecule is CCOc1cc(C=NN2CCN(N=Cc3ccc(O)c(OCC)c3)CC2)ccc1O. The molecule has 0 bridgehead atoms. The predicted molar refractivity (Wildman–Crippen MR) is 117 cm³/mol. The van der Waals surface area contributed by atoms with E-state index in [2.05, 4.69) is 10.2 Å². The number of hydrazone groups is 2. The number of phenols is 2. The average Bonchev–Trinajstić information content (AvgIpc) is 2.76. The zero-order chi connectivity index (χ0) is 21.3. The first kappa shape index (κ1) is 21.3. The number of hydrogen-bond acceptors (Lipinski definition) is 8. The summed E-state index contributed by atoms with van der Waals surface area (Å²) in [6.07, 6.45) is 3.54. The molecule has 1 heterocycles. The highest BCUT2D eigenvalue weighted by atomic mass is 16.5. The van der Waals surface area contributed by atoms with E-state index in [4.69, 9.17) is 9.47 Å². The molecule has 1 saturated heterocycles. The van der Waals surface area contributed by atoms with Gasteiger partial charge < -0.3 is 19.7 Å². The molecule has 8 nitrogen and oxygen atoms in total. The Kier molecular flexibility index (Phi) is 7.37. The van der Waals surface area contributed by atoms with Gasteiger partial charge in [-0.15, -0.1) is 0 Å². The highest BCUT2D eigenvalue weighted by Crippen LogP contribution is 2.27. The van der Waals surface area contributed by atoms with E-state index in [0.717, 1.165) is 37.3 Å². The van der Waals surface area contributed by atoms with Crippen LogP contribution in [-0.2, 0) is 0 Å². The Hall–Kier alpha value is -3.42. The molecule has 2 aromatic rings. The Morgan fingerprint density at radius 1 is 0.767 bits per heavy atom. The first-order valence-electron chi connectivity index (χ1n) is 10.1. The summed E-state index contributed by atoms with van der Waals surface area (Å²) in [6, 6.07) is 10.4. The van der Waals surface area contributed by atoms with Crippen LogP contribution in [0, 0.1) is 0 Å². The van der Waals surface area contributed by atoms with E-state index < -0.39 is 0 Å². The molecule has 1 aliphatic heterocycles. The largest absolute Gasteiger partial charge is 0.504 e. The summed E-state index contributed by atoms with van der Waals surface area (Å²) in [7, 11) is 0. The smallest absolute Gasteiger partial charge is 0.161 e. The molecule has 0 aromatic heterocycles. The van der Waals surface area contributed by atoms with Crippen molar-refractivity contribution in [1.29, 1.82) is 0 Å². The minimum Gasteiger partial charge on any atom is -0.504 e. The molecule has 2 aromatic carbocycles. The zero-order valence-corrected chi connectivity index (χ0v) is 17.4. The van der Waals surface area contributed by atoms with E-state index in [0.29, 0.717) is 24.7 Å². The summed E-state index contributed by atoms with van der Waals surface area (Å²) in [5, 5.41) is 32.6. The highest BCUT2D eigenvalue weighted by Gasteiger charge is 2.13. The summed E-state index contributed by atoms with van der Waals surface area (Å²) < 4.78 is 10.8. The highest BCUT2D eigenvalue weighted by molar-refractivity contribution is 5.81. The Bertz CT molecular complexity index is 819. The molecule has 160 valence electrons. The minimum absolute atomic E-state index is 0.127. The van der Waals surface area contributed by atoms with Gasteiger partial charge in [0.15, 0.2) is 23.0 Å². The number of rotatable bonds is 8. The maximum Gasteiger partial charge on any atom is 0.161 e. The molecule has 0 aliphatic carbocycles. The fourth-order valence-electron chi connectivity index (χ4n) is 2.98. The average molecular weight is 412 g/mol. The third kappa shape index (κ3) is 5.79. The lowest BCUT2D eigenvalue weighted by Gasteiger charge is -2.31. The van der Waals surface area contributed by atoms with Gasteiger partial charge in [-0.25, -0.2) is 0 Å². The van der Waals surface area contributed by atoms with E-state index in [1.165, 1.54) is 0 Å².